The van der Waals surface area contributed by atoms with Crippen LogP contribution < -0.4 is 5.32 Å². The molecule has 0 radical (unpaired) electrons. The number of nitrogens with one attached hydrogen (secondary N) is 1. The minimum absolute atomic E-state index is 0.0873. The van der Waals surface area contributed by atoms with Gasteiger partial charge in [-0.1, -0.05) is 0 Å². The van der Waals surface area contributed by atoms with E-state index in [4.69, 9.17) is 11.6 Å². The lowest BCUT2D eigenvalue weighted by molar-refractivity contribution is -0.113. The molecule has 0 bridgehead atoms. The van der Waals surface area contributed by atoms with Gasteiger partial charge in [-0.3, -0.25) is 4.79 Å². The van der Waals surface area contributed by atoms with E-state index < -0.39 is 0 Å². The van der Waals surface area contributed by atoms with Crippen molar-refractivity contribution >= 4 is 23.3 Å². The number of hydrogen-bond donors (Lipinski definition) is 1. The Morgan fingerprint density at radius 2 is 1.94 bits per heavy atom. The molecular weight excluding hydrogens is 240 g/mol. The highest BCUT2D eigenvalue weighted by molar-refractivity contribution is 6.28. The fourth-order valence-electron chi connectivity index (χ4n) is 1.26. The SMILES string of the molecule is O=C(CCl)Nc1ccc(-c2cncnc2)cn1. The van der Waals surface area contributed by atoms with E-state index in [0.717, 1.165) is 11.1 Å². The van der Waals surface area contributed by atoms with E-state index in [9.17, 15) is 4.79 Å². The Labute approximate surface area is 103 Å². The molecule has 2 aromatic rings. The Morgan fingerprint density at radius 1 is 1.18 bits per heavy atom. The maximum atomic E-state index is 11.0. The lowest BCUT2D eigenvalue weighted by Gasteiger charge is -2.03. The van der Waals surface area contributed by atoms with Gasteiger partial charge in [-0.05, 0) is 12.1 Å². The summed E-state index contributed by atoms with van der Waals surface area (Å²) in [7, 11) is 0. The van der Waals surface area contributed by atoms with E-state index >= 15 is 0 Å². The van der Waals surface area contributed by atoms with Crippen LogP contribution in [0.5, 0.6) is 0 Å². The van der Waals surface area contributed by atoms with Gasteiger partial charge in [-0.15, -0.1) is 11.6 Å². The van der Waals surface area contributed by atoms with Crippen molar-refractivity contribution in [3.8, 4) is 11.1 Å². The number of carbonyl (C=O) groups is 1. The summed E-state index contributed by atoms with van der Waals surface area (Å²) in [5.74, 6) is 0.0990. The van der Waals surface area contributed by atoms with Crippen LogP contribution in [0, 0.1) is 0 Å². The normalized spacial score (nSPS) is 9.94. The molecule has 0 saturated carbocycles. The van der Waals surface area contributed by atoms with Gasteiger partial charge in [0.2, 0.25) is 5.91 Å². The maximum Gasteiger partial charge on any atom is 0.240 e. The Kier molecular flexibility index (Phi) is 3.62. The topological polar surface area (TPSA) is 67.8 Å². The fraction of sp³-hybridized carbons (Fsp3) is 0.0909. The van der Waals surface area contributed by atoms with Crippen LogP contribution in [-0.4, -0.2) is 26.7 Å². The van der Waals surface area contributed by atoms with Crippen molar-refractivity contribution in [1.82, 2.24) is 15.0 Å². The predicted octanol–water partition coefficient (Wildman–Crippen LogP) is 1.72. The summed E-state index contributed by atoms with van der Waals surface area (Å²) < 4.78 is 0. The van der Waals surface area contributed by atoms with Crippen molar-refractivity contribution in [1.29, 1.82) is 0 Å². The molecule has 6 heteroatoms. The first-order valence-electron chi connectivity index (χ1n) is 4.87. The molecule has 1 N–H and O–H groups in total. The third kappa shape index (κ3) is 2.98. The molecule has 0 atom stereocenters. The lowest BCUT2D eigenvalue weighted by Crippen LogP contribution is -2.13. The zero-order chi connectivity index (χ0) is 12.1. The molecule has 0 aliphatic rings. The van der Waals surface area contributed by atoms with Crippen LogP contribution in [-0.2, 0) is 4.79 Å². The van der Waals surface area contributed by atoms with Gasteiger partial charge >= 0.3 is 0 Å². The third-order valence-corrected chi connectivity index (χ3v) is 2.29. The summed E-state index contributed by atoms with van der Waals surface area (Å²) >= 11 is 5.37. The number of carbonyl (C=O) groups excluding carboxylic acids is 1. The van der Waals surface area contributed by atoms with Crippen LogP contribution in [0.3, 0.4) is 0 Å². The van der Waals surface area contributed by atoms with Gasteiger partial charge in [-0.2, -0.15) is 0 Å². The highest BCUT2D eigenvalue weighted by atomic mass is 35.5. The van der Waals surface area contributed by atoms with Crippen molar-refractivity contribution in [2.75, 3.05) is 11.2 Å². The maximum absolute atomic E-state index is 11.0. The highest BCUT2D eigenvalue weighted by Crippen LogP contribution is 2.17. The van der Waals surface area contributed by atoms with Crippen molar-refractivity contribution in [2.24, 2.45) is 0 Å². The van der Waals surface area contributed by atoms with Crippen LogP contribution in [0.15, 0.2) is 37.1 Å². The fourth-order valence-corrected chi connectivity index (χ4v) is 1.33. The number of alkyl halides is 1. The predicted molar refractivity (Wildman–Crippen MR) is 64.6 cm³/mol. The molecule has 2 heterocycles. The highest BCUT2D eigenvalue weighted by Gasteiger charge is 2.02. The lowest BCUT2D eigenvalue weighted by atomic mass is 10.1. The number of rotatable bonds is 3. The molecule has 0 aromatic carbocycles. The molecule has 0 aliphatic heterocycles. The van der Waals surface area contributed by atoms with Crippen LogP contribution in [0.2, 0.25) is 0 Å². The van der Waals surface area contributed by atoms with Gasteiger partial charge in [0.1, 0.15) is 18.0 Å². The number of pyridine rings is 1. The molecule has 17 heavy (non-hydrogen) atoms. The van der Waals surface area contributed by atoms with Crippen molar-refractivity contribution in [3.63, 3.8) is 0 Å². The third-order valence-electron chi connectivity index (χ3n) is 2.05. The first-order chi connectivity index (χ1) is 8.29. The second kappa shape index (κ2) is 5.36. The van der Waals surface area contributed by atoms with Crippen molar-refractivity contribution < 1.29 is 4.79 Å². The van der Waals surface area contributed by atoms with Crippen molar-refractivity contribution in [2.45, 2.75) is 0 Å². The summed E-state index contributed by atoms with van der Waals surface area (Å²) in [6.45, 7) is 0. The summed E-state index contributed by atoms with van der Waals surface area (Å²) in [5.41, 5.74) is 1.75. The number of amides is 1. The minimum atomic E-state index is -0.282. The summed E-state index contributed by atoms with van der Waals surface area (Å²) in [5, 5.41) is 2.56. The van der Waals surface area contributed by atoms with Crippen LogP contribution in [0.4, 0.5) is 5.82 Å². The molecule has 86 valence electrons. The minimum Gasteiger partial charge on any atom is -0.310 e. The number of nitrogens with zero attached hydrogens (tertiary/aromatic N) is 3. The van der Waals surface area contributed by atoms with E-state index in [-0.39, 0.29) is 11.8 Å². The monoisotopic (exact) mass is 248 g/mol. The molecule has 0 saturated heterocycles. The molecule has 1 amide bonds. The van der Waals surface area contributed by atoms with E-state index in [0.29, 0.717) is 5.82 Å². The summed E-state index contributed by atoms with van der Waals surface area (Å²) in [6.07, 6.45) is 6.50. The first kappa shape index (κ1) is 11.5. The van der Waals surface area contributed by atoms with E-state index in [1.807, 2.05) is 6.07 Å². The standard InChI is InChI=1S/C11H9ClN4O/c12-3-11(17)16-10-2-1-8(6-15-10)9-4-13-7-14-5-9/h1-2,4-7H,3H2,(H,15,16,17). The summed E-state index contributed by atoms with van der Waals surface area (Å²) in [6, 6.07) is 3.53. The Hall–Kier alpha value is -2.01. The average molecular weight is 249 g/mol. The van der Waals surface area contributed by atoms with Crippen LogP contribution in [0.25, 0.3) is 11.1 Å². The number of aromatic nitrogens is 3. The Bertz CT molecular complexity index is 501. The quantitative estimate of drug-likeness (QED) is 0.840. The molecule has 2 aromatic heterocycles. The molecule has 0 aliphatic carbocycles. The van der Waals surface area contributed by atoms with Crippen LogP contribution in [0.1, 0.15) is 0 Å². The first-order valence-corrected chi connectivity index (χ1v) is 5.40. The van der Waals surface area contributed by atoms with Gasteiger partial charge < -0.3 is 5.32 Å². The Balaban J connectivity index is 2.16. The molecule has 0 spiro atoms. The van der Waals surface area contributed by atoms with E-state index in [2.05, 4.69) is 20.3 Å². The number of halogens is 1. The van der Waals surface area contributed by atoms with Gasteiger partial charge in [0.25, 0.3) is 0 Å². The van der Waals surface area contributed by atoms with Gasteiger partial charge in [-0.25, -0.2) is 15.0 Å². The van der Waals surface area contributed by atoms with E-state index in [1.54, 1.807) is 24.7 Å². The second-order valence-corrected chi connectivity index (χ2v) is 3.51. The molecule has 0 fully saturated rings. The molecule has 0 unspecified atom stereocenters. The Morgan fingerprint density at radius 3 is 2.53 bits per heavy atom. The second-order valence-electron chi connectivity index (χ2n) is 3.24. The summed E-state index contributed by atoms with van der Waals surface area (Å²) in [4.78, 5) is 23.0. The number of anilines is 1. The molecule has 5 nitrogen and oxygen atoms in total. The zero-order valence-electron chi connectivity index (χ0n) is 8.80. The molecule has 2 rings (SSSR count). The zero-order valence-corrected chi connectivity index (χ0v) is 9.55. The molecular formula is C11H9ClN4O. The van der Waals surface area contributed by atoms with Gasteiger partial charge in [0, 0.05) is 29.7 Å². The van der Waals surface area contributed by atoms with Crippen LogP contribution >= 0.6 is 11.6 Å². The van der Waals surface area contributed by atoms with E-state index in [1.165, 1.54) is 6.33 Å². The largest absolute Gasteiger partial charge is 0.310 e. The van der Waals surface area contributed by atoms with Gasteiger partial charge in [0.15, 0.2) is 0 Å². The number of hydrogen-bond acceptors (Lipinski definition) is 4. The smallest absolute Gasteiger partial charge is 0.240 e. The van der Waals surface area contributed by atoms with Gasteiger partial charge in [0.05, 0.1) is 0 Å². The average Bonchev–Trinajstić information content (AvgIpc) is 2.40. The van der Waals surface area contributed by atoms with Crippen molar-refractivity contribution in [3.05, 3.63) is 37.1 Å².